The van der Waals surface area contributed by atoms with E-state index in [9.17, 15) is 19.7 Å². The Morgan fingerprint density at radius 2 is 1.30 bits per heavy atom. The molecule has 0 aromatic heterocycles. The molecule has 33 heavy (non-hydrogen) atoms. The highest BCUT2D eigenvalue weighted by atomic mass is 16.6. The second kappa shape index (κ2) is 9.84. The zero-order valence-electron chi connectivity index (χ0n) is 17.9. The number of nitrogens with zero attached hydrogens (tertiary/aromatic N) is 3. The number of nitrogen functional groups attached to an aromatic ring is 1. The van der Waals surface area contributed by atoms with Gasteiger partial charge in [0.2, 0.25) is 0 Å². The number of morpholine rings is 2. The summed E-state index contributed by atoms with van der Waals surface area (Å²) in [5.74, 6) is -1.87. The number of carbonyl (C=O) groups excluding carboxylic acids is 2. The fourth-order valence-corrected chi connectivity index (χ4v) is 3.78. The maximum absolute atomic E-state index is 12.7. The highest BCUT2D eigenvalue weighted by Crippen LogP contribution is 2.26. The monoisotopic (exact) mass is 456 g/mol. The van der Waals surface area contributed by atoms with Crippen LogP contribution in [0.5, 0.6) is 0 Å². The van der Waals surface area contributed by atoms with Crippen molar-refractivity contribution in [2.24, 2.45) is 0 Å². The molecule has 0 atom stereocenters. The molecule has 2 heterocycles. The third kappa shape index (κ3) is 5.38. The van der Waals surface area contributed by atoms with Crippen molar-refractivity contribution in [2.45, 2.75) is 0 Å². The number of rotatable bonds is 5. The van der Waals surface area contributed by atoms with Gasteiger partial charge in [0.05, 0.1) is 42.5 Å². The van der Waals surface area contributed by atoms with Gasteiger partial charge in [0.25, 0.3) is 5.69 Å². The number of anilines is 3. The Morgan fingerprint density at radius 1 is 0.818 bits per heavy atom. The van der Waals surface area contributed by atoms with Crippen LogP contribution >= 0.6 is 0 Å². The van der Waals surface area contributed by atoms with Crippen LogP contribution in [0.1, 0.15) is 20.7 Å². The number of nitrogens with two attached hydrogens (primary N) is 1. The van der Waals surface area contributed by atoms with Gasteiger partial charge >= 0.3 is 11.9 Å². The van der Waals surface area contributed by atoms with Gasteiger partial charge in [0, 0.05) is 55.4 Å². The van der Waals surface area contributed by atoms with Crippen molar-refractivity contribution in [3.63, 3.8) is 0 Å². The predicted octanol–water partition coefficient (Wildman–Crippen LogP) is 1.85. The first-order valence-corrected chi connectivity index (χ1v) is 10.5. The summed E-state index contributed by atoms with van der Waals surface area (Å²) in [6.45, 7) is 4.43. The first-order valence-electron chi connectivity index (χ1n) is 10.5. The molecule has 2 aromatic carbocycles. The highest BCUT2D eigenvalue weighted by Gasteiger charge is 2.23. The van der Waals surface area contributed by atoms with E-state index in [2.05, 4.69) is 0 Å². The molecule has 2 aromatic rings. The number of hydrogen-bond acceptors (Lipinski definition) is 10. The van der Waals surface area contributed by atoms with Crippen LogP contribution < -0.4 is 15.5 Å². The van der Waals surface area contributed by atoms with E-state index in [4.69, 9.17) is 19.9 Å². The summed E-state index contributed by atoms with van der Waals surface area (Å²) in [6, 6.07) is 8.72. The van der Waals surface area contributed by atoms with E-state index in [0.29, 0.717) is 64.0 Å². The van der Waals surface area contributed by atoms with Crippen molar-refractivity contribution in [3.8, 4) is 0 Å². The molecule has 0 unspecified atom stereocenters. The molecule has 2 aliphatic rings. The number of esters is 2. The minimum absolute atomic E-state index is 0.0867. The lowest BCUT2D eigenvalue weighted by Gasteiger charge is -2.29. The molecule has 0 radical (unpaired) electrons. The standard InChI is InChI=1S/C22H24N4O7/c23-17-9-15(10-18(13-17)24-1-5-31-6-2-24)21(27)33-22(28)16-11-19(14-20(12-16)26(29)30)25-3-7-32-8-4-25/h9-14H,1-8,23H2. The number of nitro benzene ring substituents is 1. The second-order valence-corrected chi connectivity index (χ2v) is 7.68. The van der Waals surface area contributed by atoms with Crippen molar-refractivity contribution in [2.75, 3.05) is 68.1 Å². The maximum atomic E-state index is 12.7. The minimum atomic E-state index is -0.978. The van der Waals surface area contributed by atoms with Crippen LogP contribution in [-0.4, -0.2) is 69.5 Å². The SMILES string of the molecule is Nc1cc(C(=O)OC(=O)c2cc(N3CCOCC3)cc([N+](=O)[O-])c2)cc(N2CCOCC2)c1. The Hall–Kier alpha value is -3.70. The average molecular weight is 456 g/mol. The lowest BCUT2D eigenvalue weighted by Crippen LogP contribution is -2.36. The molecule has 11 nitrogen and oxygen atoms in total. The molecule has 0 saturated carbocycles. The number of nitro groups is 1. The normalized spacial score (nSPS) is 16.4. The van der Waals surface area contributed by atoms with Crippen molar-refractivity contribution < 1.29 is 28.7 Å². The van der Waals surface area contributed by atoms with Gasteiger partial charge in [-0.2, -0.15) is 0 Å². The van der Waals surface area contributed by atoms with Gasteiger partial charge in [-0.3, -0.25) is 10.1 Å². The molecular formula is C22H24N4O7. The third-order valence-corrected chi connectivity index (χ3v) is 5.46. The summed E-state index contributed by atoms with van der Waals surface area (Å²) in [7, 11) is 0. The van der Waals surface area contributed by atoms with Crippen LogP contribution in [0.4, 0.5) is 22.7 Å². The molecule has 174 valence electrons. The fraction of sp³-hybridized carbons (Fsp3) is 0.364. The van der Waals surface area contributed by atoms with Gasteiger partial charge in [0.15, 0.2) is 0 Å². The molecular weight excluding hydrogens is 432 g/mol. The van der Waals surface area contributed by atoms with Crippen LogP contribution in [0.15, 0.2) is 36.4 Å². The summed E-state index contributed by atoms with van der Waals surface area (Å²) in [5, 5.41) is 11.4. The van der Waals surface area contributed by atoms with E-state index in [0.717, 1.165) is 11.8 Å². The third-order valence-electron chi connectivity index (χ3n) is 5.46. The van der Waals surface area contributed by atoms with Crippen molar-refractivity contribution in [1.82, 2.24) is 0 Å². The number of carbonyl (C=O) groups is 2. The van der Waals surface area contributed by atoms with Crippen molar-refractivity contribution in [3.05, 3.63) is 57.6 Å². The first kappa shape index (κ1) is 22.5. The molecule has 11 heteroatoms. The Labute approximate surface area is 189 Å². The largest absolute Gasteiger partial charge is 0.399 e. The van der Waals surface area contributed by atoms with Gasteiger partial charge in [0.1, 0.15) is 0 Å². The van der Waals surface area contributed by atoms with Crippen LogP contribution in [0.2, 0.25) is 0 Å². The lowest BCUT2D eigenvalue weighted by molar-refractivity contribution is -0.384. The van der Waals surface area contributed by atoms with Crippen LogP contribution in [0.3, 0.4) is 0 Å². The summed E-state index contributed by atoms with van der Waals surface area (Å²) in [4.78, 5) is 40.2. The Bertz CT molecular complexity index is 1060. The number of ether oxygens (including phenoxy) is 3. The van der Waals surface area contributed by atoms with E-state index in [1.165, 1.54) is 18.2 Å². The van der Waals surface area contributed by atoms with E-state index < -0.39 is 16.9 Å². The first-order chi connectivity index (χ1) is 15.9. The maximum Gasteiger partial charge on any atom is 0.346 e. The number of hydrogen-bond donors (Lipinski definition) is 1. The minimum Gasteiger partial charge on any atom is -0.399 e. The van der Waals surface area contributed by atoms with E-state index in [1.54, 1.807) is 12.1 Å². The lowest BCUT2D eigenvalue weighted by atomic mass is 10.1. The molecule has 0 bridgehead atoms. The summed E-state index contributed by atoms with van der Waals surface area (Å²) < 4.78 is 15.7. The van der Waals surface area contributed by atoms with E-state index >= 15 is 0 Å². The molecule has 2 saturated heterocycles. The molecule has 0 amide bonds. The molecule has 0 aliphatic carbocycles. The quantitative estimate of drug-likeness (QED) is 0.233. The Balaban J connectivity index is 1.55. The number of non-ortho nitro benzene ring substituents is 1. The zero-order chi connectivity index (χ0) is 23.4. The Kier molecular flexibility index (Phi) is 6.71. The van der Waals surface area contributed by atoms with Gasteiger partial charge in [-0.05, 0) is 24.3 Å². The molecule has 2 fully saturated rings. The van der Waals surface area contributed by atoms with E-state index in [1.807, 2.05) is 9.80 Å². The summed E-state index contributed by atoms with van der Waals surface area (Å²) >= 11 is 0. The summed E-state index contributed by atoms with van der Waals surface area (Å²) in [5.41, 5.74) is 7.29. The molecule has 2 aliphatic heterocycles. The second-order valence-electron chi connectivity index (χ2n) is 7.68. The summed E-state index contributed by atoms with van der Waals surface area (Å²) in [6.07, 6.45) is 0. The number of benzene rings is 2. The van der Waals surface area contributed by atoms with Gasteiger partial charge in [-0.25, -0.2) is 9.59 Å². The molecule has 0 spiro atoms. The smallest absolute Gasteiger partial charge is 0.346 e. The molecule has 4 rings (SSSR count). The van der Waals surface area contributed by atoms with Gasteiger partial charge < -0.3 is 29.7 Å². The average Bonchev–Trinajstić information content (AvgIpc) is 2.84. The highest BCUT2D eigenvalue weighted by molar-refractivity contribution is 6.04. The van der Waals surface area contributed by atoms with Crippen LogP contribution in [0, 0.1) is 10.1 Å². The Morgan fingerprint density at radius 3 is 1.82 bits per heavy atom. The van der Waals surface area contributed by atoms with E-state index in [-0.39, 0.29) is 16.8 Å². The molecule has 2 N–H and O–H groups in total. The topological polar surface area (TPSA) is 137 Å². The fourth-order valence-electron chi connectivity index (χ4n) is 3.78. The van der Waals surface area contributed by atoms with Gasteiger partial charge in [-0.15, -0.1) is 0 Å². The van der Waals surface area contributed by atoms with Gasteiger partial charge in [-0.1, -0.05) is 0 Å². The van der Waals surface area contributed by atoms with Crippen LogP contribution in [0.25, 0.3) is 0 Å². The predicted molar refractivity (Wildman–Crippen MR) is 120 cm³/mol. The van der Waals surface area contributed by atoms with Crippen molar-refractivity contribution in [1.29, 1.82) is 0 Å². The zero-order valence-corrected chi connectivity index (χ0v) is 17.9. The van der Waals surface area contributed by atoms with Crippen molar-refractivity contribution >= 4 is 34.7 Å². The van der Waals surface area contributed by atoms with Crippen LogP contribution in [-0.2, 0) is 14.2 Å².